The molecule has 1 N–H and O–H groups in total. The number of Topliss-reactive ketones (excluding diaryl/α,β-unsaturated/α-hetero) is 1. The minimum absolute atomic E-state index is 0.00476. The SMILES string of the molecule is O=C(COc1ccn(C(=O)O)n1)C1C2(CC2)C12CC2. The smallest absolute Gasteiger partial charge is 0.432 e. The third kappa shape index (κ3) is 1.34. The number of rotatable bonds is 4. The number of hydrogen-bond donors (Lipinski definition) is 1. The van der Waals surface area contributed by atoms with Crippen molar-refractivity contribution in [2.24, 2.45) is 16.7 Å². The molecule has 19 heavy (non-hydrogen) atoms. The number of nitrogens with zero attached hydrogens (tertiary/aromatic N) is 2. The van der Waals surface area contributed by atoms with Gasteiger partial charge in [-0.25, -0.2) is 4.79 Å². The minimum Gasteiger partial charge on any atom is -0.469 e. The fourth-order valence-electron chi connectivity index (χ4n) is 3.92. The molecule has 2 spiro atoms. The van der Waals surface area contributed by atoms with Crippen molar-refractivity contribution in [2.75, 3.05) is 6.61 Å². The van der Waals surface area contributed by atoms with Crippen LogP contribution in [-0.2, 0) is 4.79 Å². The van der Waals surface area contributed by atoms with E-state index in [0.29, 0.717) is 10.8 Å². The topological polar surface area (TPSA) is 81.4 Å². The summed E-state index contributed by atoms with van der Waals surface area (Å²) in [7, 11) is 0. The van der Waals surface area contributed by atoms with Gasteiger partial charge >= 0.3 is 6.09 Å². The first-order chi connectivity index (χ1) is 9.09. The Hall–Kier alpha value is -1.85. The fraction of sp³-hybridized carbons (Fsp3) is 0.615. The molecule has 100 valence electrons. The molecule has 3 aliphatic carbocycles. The van der Waals surface area contributed by atoms with Gasteiger partial charge in [0.25, 0.3) is 0 Å². The van der Waals surface area contributed by atoms with Gasteiger partial charge < -0.3 is 9.84 Å². The van der Waals surface area contributed by atoms with E-state index in [0.717, 1.165) is 4.68 Å². The Labute approximate surface area is 109 Å². The number of hydrogen-bond acceptors (Lipinski definition) is 4. The summed E-state index contributed by atoms with van der Waals surface area (Å²) in [6.45, 7) is 0.00476. The number of carbonyl (C=O) groups is 2. The van der Waals surface area contributed by atoms with Crippen LogP contribution >= 0.6 is 0 Å². The van der Waals surface area contributed by atoms with Gasteiger partial charge in [-0.05, 0) is 36.5 Å². The molecular formula is C13H14N2O4. The Bertz CT molecular complexity index is 565. The summed E-state index contributed by atoms with van der Waals surface area (Å²) >= 11 is 0. The van der Waals surface area contributed by atoms with Crippen LogP contribution in [0.15, 0.2) is 12.3 Å². The zero-order valence-corrected chi connectivity index (χ0v) is 10.3. The number of carbonyl (C=O) groups excluding carboxylic acids is 1. The van der Waals surface area contributed by atoms with Gasteiger partial charge in [0.2, 0.25) is 5.88 Å². The lowest BCUT2D eigenvalue weighted by Gasteiger charge is -2.01. The van der Waals surface area contributed by atoms with Gasteiger partial charge in [-0.15, -0.1) is 5.10 Å². The Morgan fingerprint density at radius 2 is 2.00 bits per heavy atom. The molecule has 0 unspecified atom stereocenters. The number of aromatic nitrogens is 2. The summed E-state index contributed by atoms with van der Waals surface area (Å²) in [5, 5.41) is 12.4. The quantitative estimate of drug-likeness (QED) is 0.890. The highest BCUT2D eigenvalue weighted by Crippen LogP contribution is 2.92. The second kappa shape index (κ2) is 3.18. The summed E-state index contributed by atoms with van der Waals surface area (Å²) in [6.07, 6.45) is 4.89. The molecule has 0 radical (unpaired) electrons. The average molecular weight is 262 g/mol. The highest BCUT2D eigenvalue weighted by Gasteiger charge is 2.88. The van der Waals surface area contributed by atoms with Crippen LogP contribution in [0.3, 0.4) is 0 Å². The number of ether oxygens (including phenoxy) is 1. The van der Waals surface area contributed by atoms with E-state index in [1.807, 2.05) is 0 Å². The Morgan fingerprint density at radius 3 is 2.47 bits per heavy atom. The van der Waals surface area contributed by atoms with Crippen LogP contribution in [0.2, 0.25) is 0 Å². The van der Waals surface area contributed by atoms with Crippen LogP contribution in [0.4, 0.5) is 4.79 Å². The molecule has 1 heterocycles. The maximum atomic E-state index is 12.2. The summed E-state index contributed by atoms with van der Waals surface area (Å²) in [6, 6.07) is 1.45. The molecule has 0 aliphatic heterocycles. The van der Waals surface area contributed by atoms with E-state index in [9.17, 15) is 9.59 Å². The van der Waals surface area contributed by atoms with E-state index in [1.165, 1.54) is 37.9 Å². The van der Waals surface area contributed by atoms with E-state index in [2.05, 4.69) is 5.10 Å². The highest BCUT2D eigenvalue weighted by atomic mass is 16.5. The predicted octanol–water partition coefficient (Wildman–Crippen LogP) is 1.55. The van der Waals surface area contributed by atoms with Crippen molar-refractivity contribution in [3.63, 3.8) is 0 Å². The van der Waals surface area contributed by atoms with Crippen LogP contribution in [0.5, 0.6) is 5.88 Å². The van der Waals surface area contributed by atoms with E-state index >= 15 is 0 Å². The average Bonchev–Trinajstić information content (AvgIpc) is 3.32. The van der Waals surface area contributed by atoms with Crippen LogP contribution in [0.1, 0.15) is 25.7 Å². The van der Waals surface area contributed by atoms with Crippen molar-refractivity contribution >= 4 is 11.9 Å². The van der Waals surface area contributed by atoms with E-state index in [1.54, 1.807) is 0 Å². The van der Waals surface area contributed by atoms with E-state index in [-0.39, 0.29) is 24.2 Å². The van der Waals surface area contributed by atoms with Crippen molar-refractivity contribution in [2.45, 2.75) is 25.7 Å². The first kappa shape index (κ1) is 11.0. The number of fused-ring (bicyclic) bond motifs is 1. The van der Waals surface area contributed by atoms with Crippen molar-refractivity contribution in [3.8, 4) is 5.88 Å². The summed E-state index contributed by atoms with van der Waals surface area (Å²) < 4.78 is 6.06. The molecule has 6 heteroatoms. The Morgan fingerprint density at radius 1 is 1.37 bits per heavy atom. The van der Waals surface area contributed by atoms with Crippen molar-refractivity contribution in [3.05, 3.63) is 12.3 Å². The summed E-state index contributed by atoms with van der Waals surface area (Å²) in [5.74, 6) is 0.535. The van der Waals surface area contributed by atoms with Gasteiger partial charge in [-0.1, -0.05) is 0 Å². The van der Waals surface area contributed by atoms with Crippen LogP contribution in [-0.4, -0.2) is 33.4 Å². The normalized spacial score (nSPS) is 24.4. The van der Waals surface area contributed by atoms with Gasteiger partial charge in [0, 0.05) is 18.2 Å². The molecule has 0 saturated heterocycles. The third-order valence-electron chi connectivity index (χ3n) is 5.04. The zero-order chi connectivity index (χ0) is 13.3. The Balaban J connectivity index is 1.37. The van der Waals surface area contributed by atoms with Crippen molar-refractivity contribution < 1.29 is 19.4 Å². The van der Waals surface area contributed by atoms with Gasteiger partial charge in [-0.2, -0.15) is 4.68 Å². The molecule has 3 fully saturated rings. The monoisotopic (exact) mass is 262 g/mol. The molecular weight excluding hydrogens is 248 g/mol. The minimum atomic E-state index is -1.17. The maximum Gasteiger partial charge on any atom is 0.432 e. The van der Waals surface area contributed by atoms with Crippen LogP contribution < -0.4 is 4.74 Å². The molecule has 1 aromatic rings. The first-order valence-corrected chi connectivity index (χ1v) is 6.54. The maximum absolute atomic E-state index is 12.2. The molecule has 6 nitrogen and oxygen atoms in total. The molecule has 3 saturated carbocycles. The van der Waals surface area contributed by atoms with Crippen molar-refractivity contribution in [1.29, 1.82) is 0 Å². The predicted molar refractivity (Wildman–Crippen MR) is 63.0 cm³/mol. The molecule has 4 rings (SSSR count). The second-order valence-electron chi connectivity index (χ2n) is 5.88. The second-order valence-corrected chi connectivity index (χ2v) is 5.88. The Kier molecular flexibility index (Phi) is 1.84. The third-order valence-corrected chi connectivity index (χ3v) is 5.04. The molecule has 0 bridgehead atoms. The molecule has 0 aromatic carbocycles. The van der Waals surface area contributed by atoms with Gasteiger partial charge in [0.05, 0.1) is 0 Å². The van der Waals surface area contributed by atoms with Gasteiger partial charge in [-0.3, -0.25) is 4.79 Å². The van der Waals surface area contributed by atoms with Gasteiger partial charge in [0.15, 0.2) is 5.78 Å². The first-order valence-electron chi connectivity index (χ1n) is 6.54. The van der Waals surface area contributed by atoms with Gasteiger partial charge in [0.1, 0.15) is 6.61 Å². The van der Waals surface area contributed by atoms with Crippen molar-refractivity contribution in [1.82, 2.24) is 9.78 Å². The fourth-order valence-corrected chi connectivity index (χ4v) is 3.92. The summed E-state index contributed by atoms with van der Waals surface area (Å²) in [5.41, 5.74) is 0.682. The largest absolute Gasteiger partial charge is 0.469 e. The highest BCUT2D eigenvalue weighted by molar-refractivity contribution is 5.89. The number of carboxylic acid groups (broad SMARTS) is 1. The summed E-state index contributed by atoms with van der Waals surface area (Å²) in [4.78, 5) is 22.8. The van der Waals surface area contributed by atoms with E-state index < -0.39 is 6.09 Å². The standard InChI is InChI=1S/C13H14N2O4/c16-8(10-12(2-3-12)13(10)4-5-13)7-19-9-1-6-15(14-9)11(17)18/h1,6,10H,2-5,7H2,(H,17,18). The number of ketones is 1. The molecule has 1 aromatic heterocycles. The lowest BCUT2D eigenvalue weighted by Crippen LogP contribution is -2.16. The van der Waals surface area contributed by atoms with Crippen LogP contribution in [0, 0.1) is 16.7 Å². The molecule has 3 aliphatic rings. The molecule has 0 atom stereocenters. The lowest BCUT2D eigenvalue weighted by molar-refractivity contribution is -0.123. The zero-order valence-electron chi connectivity index (χ0n) is 10.3. The van der Waals surface area contributed by atoms with E-state index in [4.69, 9.17) is 9.84 Å². The lowest BCUT2D eigenvalue weighted by atomic mass is 10.2. The molecule has 0 amide bonds. The van der Waals surface area contributed by atoms with Crippen LogP contribution in [0.25, 0.3) is 0 Å².